The van der Waals surface area contributed by atoms with Crippen LogP contribution in [0.5, 0.6) is 0 Å². The number of alkyl halides is 3. The van der Waals surface area contributed by atoms with Gasteiger partial charge in [0.1, 0.15) is 12.7 Å². The first kappa shape index (κ1) is 15.7. The lowest BCUT2D eigenvalue weighted by atomic mass is 10.3. The van der Waals surface area contributed by atoms with E-state index in [-0.39, 0.29) is 33.6 Å². The molecule has 0 saturated heterocycles. The lowest BCUT2D eigenvalue weighted by molar-refractivity contribution is -0.116. The normalized spacial score (nSPS) is 11.6. The molecule has 12 heteroatoms. The molecule has 0 aliphatic heterocycles. The highest BCUT2D eigenvalue weighted by Crippen LogP contribution is 2.38. The average molecular weight is 338 g/mol. The Bertz CT molecular complexity index is 585. The standard InChI is InChI=1S/C9H9F3N6OS2/c10-9(11,12)21-8-17-16-7(20-8)15-6(19)2-1-3-18-5-13-4-14-18/h4-5H,1-3H2,(H,15,16,19). The van der Waals surface area contributed by atoms with E-state index in [2.05, 4.69) is 25.6 Å². The first-order chi connectivity index (χ1) is 9.92. The van der Waals surface area contributed by atoms with Gasteiger partial charge in [-0.1, -0.05) is 11.3 Å². The maximum Gasteiger partial charge on any atom is 0.448 e. The second-order valence-electron chi connectivity index (χ2n) is 3.73. The highest BCUT2D eigenvalue weighted by atomic mass is 32.2. The molecule has 114 valence electrons. The molecule has 1 N–H and O–H groups in total. The van der Waals surface area contributed by atoms with Crippen molar-refractivity contribution in [3.05, 3.63) is 12.7 Å². The largest absolute Gasteiger partial charge is 0.448 e. The minimum absolute atomic E-state index is 0.0486. The van der Waals surface area contributed by atoms with E-state index in [1.165, 1.54) is 12.7 Å². The first-order valence-electron chi connectivity index (χ1n) is 5.64. The first-order valence-corrected chi connectivity index (χ1v) is 7.27. The van der Waals surface area contributed by atoms with E-state index in [1.54, 1.807) is 4.68 Å². The Hall–Kier alpha value is -1.69. The number of aryl methyl sites for hydroxylation is 1. The Morgan fingerprint density at radius 3 is 2.90 bits per heavy atom. The Morgan fingerprint density at radius 1 is 1.43 bits per heavy atom. The van der Waals surface area contributed by atoms with Gasteiger partial charge in [0.15, 0.2) is 4.34 Å². The van der Waals surface area contributed by atoms with Crippen molar-refractivity contribution in [3.8, 4) is 0 Å². The third kappa shape index (κ3) is 5.67. The second-order valence-corrected chi connectivity index (χ2v) is 6.02. The van der Waals surface area contributed by atoms with E-state index in [9.17, 15) is 18.0 Å². The Labute approximate surface area is 125 Å². The number of nitrogens with one attached hydrogen (secondary N) is 1. The number of carbonyl (C=O) groups is 1. The summed E-state index contributed by atoms with van der Waals surface area (Å²) in [6, 6.07) is 0. The van der Waals surface area contributed by atoms with Gasteiger partial charge in [-0.3, -0.25) is 9.48 Å². The van der Waals surface area contributed by atoms with Crippen LogP contribution < -0.4 is 5.32 Å². The molecule has 0 atom stereocenters. The van der Waals surface area contributed by atoms with Crippen molar-refractivity contribution < 1.29 is 18.0 Å². The molecule has 21 heavy (non-hydrogen) atoms. The summed E-state index contributed by atoms with van der Waals surface area (Å²) < 4.78 is 37.7. The fourth-order valence-corrected chi connectivity index (χ4v) is 2.79. The predicted octanol–water partition coefficient (Wildman–Crippen LogP) is 2.16. The minimum Gasteiger partial charge on any atom is -0.301 e. The van der Waals surface area contributed by atoms with E-state index < -0.39 is 5.51 Å². The molecule has 0 saturated carbocycles. The van der Waals surface area contributed by atoms with Gasteiger partial charge in [0.25, 0.3) is 0 Å². The summed E-state index contributed by atoms with van der Waals surface area (Å²) in [6.07, 6.45) is 3.64. The van der Waals surface area contributed by atoms with Crippen LogP contribution in [-0.4, -0.2) is 36.4 Å². The number of rotatable bonds is 6. The molecular formula is C9H9F3N6OS2. The minimum atomic E-state index is -4.42. The molecule has 0 fully saturated rings. The van der Waals surface area contributed by atoms with Crippen LogP contribution >= 0.6 is 23.1 Å². The van der Waals surface area contributed by atoms with Crippen LogP contribution in [0.4, 0.5) is 18.3 Å². The molecule has 0 aromatic carbocycles. The Kier molecular flexibility index (Phi) is 5.12. The van der Waals surface area contributed by atoms with E-state index in [0.717, 1.165) is 0 Å². The van der Waals surface area contributed by atoms with Gasteiger partial charge in [0.05, 0.1) is 0 Å². The summed E-state index contributed by atoms with van der Waals surface area (Å²) in [6.45, 7) is 0.527. The van der Waals surface area contributed by atoms with Crippen molar-refractivity contribution in [2.75, 3.05) is 5.32 Å². The molecule has 2 aromatic heterocycles. The predicted molar refractivity (Wildman–Crippen MR) is 69.7 cm³/mol. The third-order valence-electron chi connectivity index (χ3n) is 2.11. The summed E-state index contributed by atoms with van der Waals surface area (Å²) >= 11 is 0.320. The van der Waals surface area contributed by atoms with Gasteiger partial charge in [0, 0.05) is 24.7 Å². The third-order valence-corrected chi connectivity index (χ3v) is 3.73. The smallest absolute Gasteiger partial charge is 0.301 e. The highest BCUT2D eigenvalue weighted by Gasteiger charge is 2.31. The van der Waals surface area contributed by atoms with Gasteiger partial charge in [0.2, 0.25) is 11.0 Å². The number of thioether (sulfide) groups is 1. The van der Waals surface area contributed by atoms with Crippen LogP contribution in [0.25, 0.3) is 0 Å². The van der Waals surface area contributed by atoms with Crippen molar-refractivity contribution in [2.45, 2.75) is 29.2 Å². The fourth-order valence-electron chi connectivity index (χ4n) is 1.33. The second kappa shape index (κ2) is 6.85. The summed E-state index contributed by atoms with van der Waals surface area (Å²) in [5.74, 6) is -0.338. The van der Waals surface area contributed by atoms with Crippen LogP contribution in [0, 0.1) is 0 Å². The Balaban J connectivity index is 1.75. The Morgan fingerprint density at radius 2 is 2.24 bits per heavy atom. The molecule has 2 rings (SSSR count). The lowest BCUT2D eigenvalue weighted by Crippen LogP contribution is -2.12. The van der Waals surface area contributed by atoms with Gasteiger partial charge < -0.3 is 5.32 Å². The van der Waals surface area contributed by atoms with Crippen molar-refractivity contribution in [1.29, 1.82) is 0 Å². The van der Waals surface area contributed by atoms with Crippen LogP contribution in [0.15, 0.2) is 17.0 Å². The molecule has 0 spiro atoms. The molecule has 0 aliphatic rings. The van der Waals surface area contributed by atoms with Gasteiger partial charge in [-0.15, -0.1) is 10.2 Å². The molecule has 1 amide bonds. The summed E-state index contributed by atoms with van der Waals surface area (Å²) in [5.41, 5.74) is -4.42. The topological polar surface area (TPSA) is 85.6 Å². The van der Waals surface area contributed by atoms with Crippen molar-refractivity contribution in [2.24, 2.45) is 0 Å². The average Bonchev–Trinajstić information content (AvgIpc) is 2.99. The molecule has 0 aliphatic carbocycles. The van der Waals surface area contributed by atoms with E-state index in [1.807, 2.05) is 0 Å². The van der Waals surface area contributed by atoms with Crippen LogP contribution in [-0.2, 0) is 11.3 Å². The van der Waals surface area contributed by atoms with Crippen LogP contribution in [0.3, 0.4) is 0 Å². The van der Waals surface area contributed by atoms with Gasteiger partial charge in [-0.05, 0) is 6.42 Å². The van der Waals surface area contributed by atoms with E-state index in [4.69, 9.17) is 0 Å². The summed E-state index contributed by atoms with van der Waals surface area (Å²) in [7, 11) is 0. The number of amides is 1. The number of hydrogen-bond donors (Lipinski definition) is 1. The van der Waals surface area contributed by atoms with Crippen molar-refractivity contribution in [1.82, 2.24) is 25.0 Å². The molecule has 0 radical (unpaired) electrons. The zero-order valence-corrected chi connectivity index (χ0v) is 12.0. The van der Waals surface area contributed by atoms with Crippen molar-refractivity contribution >= 4 is 34.1 Å². The number of halogens is 3. The highest BCUT2D eigenvalue weighted by molar-refractivity contribution is 8.01. The number of hydrogen-bond acceptors (Lipinski definition) is 7. The zero-order valence-electron chi connectivity index (χ0n) is 10.4. The number of aromatic nitrogens is 5. The molecule has 0 bridgehead atoms. The molecule has 2 aromatic rings. The zero-order chi connectivity index (χ0) is 15.3. The number of anilines is 1. The van der Waals surface area contributed by atoms with Gasteiger partial charge in [-0.25, -0.2) is 4.98 Å². The summed E-state index contributed by atoms with van der Waals surface area (Å²) in [5, 5.41) is 13.2. The van der Waals surface area contributed by atoms with E-state index >= 15 is 0 Å². The van der Waals surface area contributed by atoms with Gasteiger partial charge in [-0.2, -0.15) is 18.3 Å². The molecular weight excluding hydrogens is 329 g/mol. The summed E-state index contributed by atoms with van der Waals surface area (Å²) in [4.78, 5) is 15.3. The maximum atomic E-state index is 12.1. The monoisotopic (exact) mass is 338 g/mol. The molecule has 2 heterocycles. The quantitative estimate of drug-likeness (QED) is 0.642. The number of nitrogens with zero attached hydrogens (tertiary/aromatic N) is 5. The molecule has 0 unspecified atom stereocenters. The van der Waals surface area contributed by atoms with Crippen LogP contribution in [0.2, 0.25) is 0 Å². The van der Waals surface area contributed by atoms with Gasteiger partial charge >= 0.3 is 5.51 Å². The lowest BCUT2D eigenvalue weighted by Gasteiger charge is -2.01. The van der Waals surface area contributed by atoms with Crippen LogP contribution in [0.1, 0.15) is 12.8 Å². The van der Waals surface area contributed by atoms with E-state index in [0.29, 0.717) is 24.3 Å². The SMILES string of the molecule is O=C(CCCn1cncn1)Nc1nnc(SC(F)(F)F)s1. The van der Waals surface area contributed by atoms with Crippen molar-refractivity contribution in [3.63, 3.8) is 0 Å². The maximum absolute atomic E-state index is 12.1. The number of carbonyl (C=O) groups excluding carboxylic acids is 1. The molecule has 7 nitrogen and oxygen atoms in total. The fraction of sp³-hybridized carbons (Fsp3) is 0.444.